The molecule has 2 heterocycles. The van der Waals surface area contributed by atoms with Gasteiger partial charge in [-0.1, -0.05) is 6.07 Å². The fourth-order valence-electron chi connectivity index (χ4n) is 6.47. The van der Waals surface area contributed by atoms with Crippen LogP contribution in [0.5, 0.6) is 0 Å². The van der Waals surface area contributed by atoms with Gasteiger partial charge in [-0.3, -0.25) is 19.3 Å². The highest BCUT2D eigenvalue weighted by molar-refractivity contribution is 5.94. The van der Waals surface area contributed by atoms with Gasteiger partial charge in [-0.2, -0.15) is 0 Å². The summed E-state index contributed by atoms with van der Waals surface area (Å²) in [7, 11) is 1.48. The predicted molar refractivity (Wildman–Crippen MR) is 159 cm³/mol. The number of benzene rings is 1. The summed E-state index contributed by atoms with van der Waals surface area (Å²) in [4.78, 5) is 56.7. The van der Waals surface area contributed by atoms with E-state index in [1.54, 1.807) is 38.7 Å². The van der Waals surface area contributed by atoms with Crippen molar-refractivity contribution in [3.05, 3.63) is 35.1 Å². The Hall–Kier alpha value is -3.21. The molecule has 10 nitrogen and oxygen atoms in total. The summed E-state index contributed by atoms with van der Waals surface area (Å²) >= 11 is 0. The average molecular weight is 603 g/mol. The molecule has 0 aromatic heterocycles. The maximum atomic E-state index is 14.2. The molecule has 0 saturated carbocycles. The highest BCUT2D eigenvalue weighted by atomic mass is 19.1. The van der Waals surface area contributed by atoms with Crippen molar-refractivity contribution in [1.29, 1.82) is 0 Å². The van der Waals surface area contributed by atoms with Crippen LogP contribution in [0.25, 0.3) is 0 Å². The first-order chi connectivity index (χ1) is 20.3. The van der Waals surface area contributed by atoms with Gasteiger partial charge in [0.15, 0.2) is 0 Å². The topological polar surface area (TPSA) is 117 Å². The number of ether oxygens (including phenoxy) is 2. The lowest BCUT2D eigenvalue weighted by atomic mass is 9.87. The van der Waals surface area contributed by atoms with E-state index >= 15 is 0 Å². The number of hydrogen-bond acceptors (Lipinski definition) is 6. The van der Waals surface area contributed by atoms with Crippen molar-refractivity contribution >= 4 is 23.8 Å². The number of aryl methyl sites for hydroxylation is 1. The predicted octanol–water partition coefficient (Wildman–Crippen LogP) is 4.01. The molecule has 43 heavy (non-hydrogen) atoms. The van der Waals surface area contributed by atoms with Crippen molar-refractivity contribution in [2.45, 2.75) is 128 Å². The number of hydrogen-bond donors (Lipinski definition) is 2. The second-order valence-electron chi connectivity index (χ2n) is 13.0. The average Bonchev–Trinajstić information content (AvgIpc) is 3.36. The minimum atomic E-state index is -0.923. The Balaban J connectivity index is 1.51. The second-order valence-corrected chi connectivity index (χ2v) is 13.0. The molecule has 0 radical (unpaired) electrons. The molecule has 0 spiro atoms. The Bertz CT molecular complexity index is 1200. The molecule has 238 valence electrons. The minimum Gasteiger partial charge on any atom is -0.444 e. The zero-order valence-corrected chi connectivity index (χ0v) is 26.3. The van der Waals surface area contributed by atoms with Crippen molar-refractivity contribution < 1.29 is 33.0 Å². The maximum Gasteiger partial charge on any atom is 0.410 e. The largest absolute Gasteiger partial charge is 0.444 e. The maximum absolute atomic E-state index is 14.2. The van der Waals surface area contributed by atoms with Crippen LogP contribution in [0.4, 0.5) is 9.18 Å². The number of carbonyl (C=O) groups excluding carboxylic acids is 4. The molecule has 11 heteroatoms. The summed E-state index contributed by atoms with van der Waals surface area (Å²) in [6, 6.07) is 1.79. The number of carbonyl (C=O) groups is 4. The van der Waals surface area contributed by atoms with Crippen LogP contribution in [0, 0.1) is 5.82 Å². The van der Waals surface area contributed by atoms with Gasteiger partial charge >= 0.3 is 6.09 Å². The highest BCUT2D eigenvalue weighted by Crippen LogP contribution is 2.34. The fourth-order valence-corrected chi connectivity index (χ4v) is 6.47. The molecule has 1 aliphatic carbocycles. The third kappa shape index (κ3) is 7.85. The van der Waals surface area contributed by atoms with E-state index in [0.29, 0.717) is 32.3 Å². The standard InChI is InChI=1S/C32H47FN4O6/c1-7-42-23-14-12-22-13-16-27(29(39)34-25-10-8-9-20-17-21(33)11-15-24(20)25)37(22)30(40)26(18-23)35-28(38)19(2)36(6)31(41)43-32(3,4)5/h11,15,17,19,22-23,25-27H,7-10,12-14,16,18H2,1-6H3,(H,34,39)(H,35,38)/t19-,22-,23+,25+,26-,27-/m0/s1. The van der Waals surface area contributed by atoms with Gasteiger partial charge in [-0.25, -0.2) is 9.18 Å². The summed E-state index contributed by atoms with van der Waals surface area (Å²) in [5, 5.41) is 6.02. The van der Waals surface area contributed by atoms with Crippen LogP contribution in [0.1, 0.15) is 96.7 Å². The molecule has 0 bridgehead atoms. The number of likely N-dealkylation sites (N-methyl/N-ethyl adjacent to an activating group) is 1. The number of nitrogens with one attached hydrogen (secondary N) is 2. The third-order valence-corrected chi connectivity index (χ3v) is 8.77. The van der Waals surface area contributed by atoms with Gasteiger partial charge in [0.05, 0.1) is 12.1 Å². The van der Waals surface area contributed by atoms with E-state index < -0.39 is 35.7 Å². The minimum absolute atomic E-state index is 0.152. The summed E-state index contributed by atoms with van der Waals surface area (Å²) in [5.74, 6) is -1.34. The Labute approximate surface area is 254 Å². The van der Waals surface area contributed by atoms with Gasteiger partial charge in [0.2, 0.25) is 17.7 Å². The quantitative estimate of drug-likeness (QED) is 0.487. The van der Waals surface area contributed by atoms with Crippen molar-refractivity contribution in [3.8, 4) is 0 Å². The Morgan fingerprint density at radius 1 is 1.09 bits per heavy atom. The van der Waals surface area contributed by atoms with Crippen LogP contribution in [-0.4, -0.2) is 83.1 Å². The van der Waals surface area contributed by atoms with E-state index in [2.05, 4.69) is 10.6 Å². The highest BCUT2D eigenvalue weighted by Gasteiger charge is 2.46. The Morgan fingerprint density at radius 2 is 1.81 bits per heavy atom. The van der Waals surface area contributed by atoms with Gasteiger partial charge in [-0.15, -0.1) is 0 Å². The van der Waals surface area contributed by atoms with E-state index in [0.717, 1.165) is 30.4 Å². The second kappa shape index (κ2) is 13.6. The van der Waals surface area contributed by atoms with Gasteiger partial charge in [0.1, 0.15) is 29.5 Å². The number of nitrogens with zero attached hydrogens (tertiary/aromatic N) is 2. The number of fused-ring (bicyclic) bond motifs is 2. The summed E-state index contributed by atoms with van der Waals surface area (Å²) in [6.07, 6.45) is 4.31. The lowest BCUT2D eigenvalue weighted by Crippen LogP contribution is -2.59. The molecular formula is C32H47FN4O6. The van der Waals surface area contributed by atoms with Crippen molar-refractivity contribution in [2.24, 2.45) is 0 Å². The van der Waals surface area contributed by atoms with E-state index in [9.17, 15) is 23.6 Å². The van der Waals surface area contributed by atoms with Crippen LogP contribution >= 0.6 is 0 Å². The first kappa shape index (κ1) is 32.7. The van der Waals surface area contributed by atoms with Gasteiger partial charge < -0.3 is 25.0 Å². The van der Waals surface area contributed by atoms with E-state index in [1.807, 2.05) is 6.92 Å². The van der Waals surface area contributed by atoms with E-state index in [4.69, 9.17) is 9.47 Å². The van der Waals surface area contributed by atoms with E-state index in [-0.39, 0.29) is 42.2 Å². The molecule has 2 fully saturated rings. The molecule has 3 aliphatic rings. The number of rotatable bonds is 7. The summed E-state index contributed by atoms with van der Waals surface area (Å²) in [5.41, 5.74) is 1.10. The first-order valence-electron chi connectivity index (χ1n) is 15.6. The number of halogens is 1. The summed E-state index contributed by atoms with van der Waals surface area (Å²) in [6.45, 7) is 9.19. The van der Waals surface area contributed by atoms with Crippen molar-refractivity contribution in [1.82, 2.24) is 20.4 Å². The van der Waals surface area contributed by atoms with Crippen molar-refractivity contribution in [2.75, 3.05) is 13.7 Å². The van der Waals surface area contributed by atoms with E-state index in [1.165, 1.54) is 24.1 Å². The molecule has 1 aromatic carbocycles. The van der Waals surface area contributed by atoms with Gasteiger partial charge in [0, 0.05) is 26.1 Å². The zero-order valence-electron chi connectivity index (χ0n) is 26.3. The number of amides is 4. The monoisotopic (exact) mass is 602 g/mol. The van der Waals surface area contributed by atoms with Crippen molar-refractivity contribution in [3.63, 3.8) is 0 Å². The van der Waals surface area contributed by atoms with Crippen LogP contribution in [-0.2, 0) is 30.3 Å². The molecule has 2 aliphatic heterocycles. The lowest BCUT2D eigenvalue weighted by molar-refractivity contribution is -0.146. The third-order valence-electron chi connectivity index (χ3n) is 8.77. The zero-order chi connectivity index (χ0) is 31.5. The normalized spacial score (nSPS) is 26.3. The molecule has 2 saturated heterocycles. The van der Waals surface area contributed by atoms with Gasteiger partial charge in [0.25, 0.3) is 0 Å². The smallest absolute Gasteiger partial charge is 0.410 e. The molecule has 4 rings (SSSR count). The molecule has 0 unspecified atom stereocenters. The molecule has 2 N–H and O–H groups in total. The van der Waals surface area contributed by atoms with Crippen LogP contribution < -0.4 is 10.6 Å². The lowest BCUT2D eigenvalue weighted by Gasteiger charge is -2.38. The Kier molecular flexibility index (Phi) is 10.4. The van der Waals surface area contributed by atoms with Crippen LogP contribution in [0.2, 0.25) is 0 Å². The van der Waals surface area contributed by atoms with Crippen LogP contribution in [0.3, 0.4) is 0 Å². The molecule has 1 aromatic rings. The summed E-state index contributed by atoms with van der Waals surface area (Å²) < 4.78 is 25.2. The molecular weight excluding hydrogens is 555 g/mol. The van der Waals surface area contributed by atoms with Crippen LogP contribution in [0.15, 0.2) is 18.2 Å². The Morgan fingerprint density at radius 3 is 2.51 bits per heavy atom. The first-order valence-corrected chi connectivity index (χ1v) is 15.6. The molecule has 6 atom stereocenters. The SMILES string of the molecule is CCO[C@@H]1CC[C@H]2CC[C@@H](C(=O)N[C@@H]3CCCc4cc(F)ccc43)N2C(=O)[C@@H](NC(=O)[C@H](C)N(C)C(=O)OC(C)(C)C)C1. The van der Waals surface area contributed by atoms with Gasteiger partial charge in [-0.05, 0) is 103 Å². The molecule has 4 amide bonds. The fraction of sp³-hybridized carbons (Fsp3) is 0.688.